The van der Waals surface area contributed by atoms with Gasteiger partial charge in [-0.2, -0.15) is 0 Å². The molecule has 1 saturated heterocycles. The van der Waals surface area contributed by atoms with Crippen molar-refractivity contribution < 1.29 is 9.90 Å². The fraction of sp³-hybridized carbons (Fsp3) is 0.200. The van der Waals surface area contributed by atoms with E-state index in [2.05, 4.69) is 105 Å². The Bertz CT molecular complexity index is 1870. The van der Waals surface area contributed by atoms with E-state index in [1.807, 2.05) is 30.3 Å². The summed E-state index contributed by atoms with van der Waals surface area (Å²) in [6, 6.07) is 46.1. The molecule has 1 N–H and O–H groups in total. The summed E-state index contributed by atoms with van der Waals surface area (Å²) in [4.78, 5) is 22.1. The summed E-state index contributed by atoms with van der Waals surface area (Å²) in [5, 5.41) is 9.71. The van der Waals surface area contributed by atoms with Crippen LogP contribution < -0.4 is 0 Å². The van der Waals surface area contributed by atoms with Gasteiger partial charge in [-0.25, -0.2) is 9.78 Å². The van der Waals surface area contributed by atoms with Gasteiger partial charge in [0.2, 0.25) is 0 Å². The van der Waals surface area contributed by atoms with E-state index < -0.39 is 5.97 Å². The van der Waals surface area contributed by atoms with Crippen LogP contribution >= 0.6 is 0 Å². The number of hydrogen-bond acceptors (Lipinski definition) is 4. The SMILES string of the molecule is O=C(O)c1ccccc1CCn1c(-c2ccccc2)nc2cc(CN3CCN(C(c4ccccc4)c4ccccc4)CC3)ccc21. The quantitative estimate of drug-likeness (QED) is 0.175. The summed E-state index contributed by atoms with van der Waals surface area (Å²) in [5.41, 5.74) is 8.19. The highest BCUT2D eigenvalue weighted by Crippen LogP contribution is 2.31. The van der Waals surface area contributed by atoms with Crippen molar-refractivity contribution in [3.63, 3.8) is 0 Å². The topological polar surface area (TPSA) is 61.6 Å². The number of imidazole rings is 1. The molecule has 1 aliphatic heterocycles. The number of aryl methyl sites for hydroxylation is 2. The first kappa shape index (κ1) is 29.7. The van der Waals surface area contributed by atoms with Crippen LogP contribution in [0.25, 0.3) is 22.4 Å². The lowest BCUT2D eigenvalue weighted by Crippen LogP contribution is -2.47. The highest BCUT2D eigenvalue weighted by molar-refractivity contribution is 5.89. The van der Waals surface area contributed by atoms with Crippen molar-refractivity contribution in [2.24, 2.45) is 0 Å². The summed E-state index contributed by atoms with van der Waals surface area (Å²) in [7, 11) is 0. The fourth-order valence-electron chi connectivity index (χ4n) is 6.81. The first-order chi connectivity index (χ1) is 22.6. The number of piperazine rings is 1. The number of fused-ring (bicyclic) bond motifs is 1. The van der Waals surface area contributed by atoms with E-state index in [4.69, 9.17) is 4.98 Å². The third-order valence-electron chi connectivity index (χ3n) is 9.11. The Kier molecular flexibility index (Phi) is 8.72. The highest BCUT2D eigenvalue weighted by Gasteiger charge is 2.26. The summed E-state index contributed by atoms with van der Waals surface area (Å²) in [5.74, 6) is 0.0116. The van der Waals surface area contributed by atoms with Crippen LogP contribution in [0, 0.1) is 0 Å². The Morgan fingerprint density at radius 2 is 1.33 bits per heavy atom. The molecule has 0 aliphatic carbocycles. The van der Waals surface area contributed by atoms with Crippen molar-refractivity contribution in [3.05, 3.63) is 161 Å². The van der Waals surface area contributed by atoms with E-state index >= 15 is 0 Å². The van der Waals surface area contributed by atoms with Gasteiger partial charge >= 0.3 is 5.97 Å². The minimum atomic E-state index is -0.893. The van der Waals surface area contributed by atoms with Crippen LogP contribution in [-0.4, -0.2) is 56.6 Å². The van der Waals surface area contributed by atoms with Crippen LogP contribution in [0.5, 0.6) is 0 Å². The molecule has 5 aromatic carbocycles. The van der Waals surface area contributed by atoms with Crippen LogP contribution in [0.3, 0.4) is 0 Å². The number of benzene rings is 5. The Morgan fingerprint density at radius 3 is 1.98 bits per heavy atom. The second-order valence-electron chi connectivity index (χ2n) is 12.0. The van der Waals surface area contributed by atoms with Gasteiger partial charge in [0.1, 0.15) is 5.82 Å². The molecule has 230 valence electrons. The molecule has 0 bridgehead atoms. The molecule has 0 radical (unpaired) electrons. The molecular formula is C40H38N4O2. The van der Waals surface area contributed by atoms with Crippen molar-refractivity contribution >= 4 is 17.0 Å². The Morgan fingerprint density at radius 1 is 0.717 bits per heavy atom. The lowest BCUT2D eigenvalue weighted by molar-refractivity contribution is 0.0695. The Hall–Kier alpha value is -5.04. The third kappa shape index (κ3) is 6.36. The van der Waals surface area contributed by atoms with Gasteiger partial charge in [-0.3, -0.25) is 9.80 Å². The second-order valence-corrected chi connectivity index (χ2v) is 12.0. The predicted octanol–water partition coefficient (Wildman–Crippen LogP) is 7.55. The lowest BCUT2D eigenvalue weighted by atomic mass is 9.96. The fourth-order valence-corrected chi connectivity index (χ4v) is 6.81. The molecule has 0 spiro atoms. The molecule has 6 heteroatoms. The van der Waals surface area contributed by atoms with Gasteiger partial charge in [0.25, 0.3) is 0 Å². The van der Waals surface area contributed by atoms with Crippen molar-refractivity contribution in [3.8, 4) is 11.4 Å². The number of rotatable bonds is 10. The maximum Gasteiger partial charge on any atom is 0.335 e. The Labute approximate surface area is 270 Å². The van der Waals surface area contributed by atoms with Crippen molar-refractivity contribution in [1.82, 2.24) is 19.4 Å². The molecular weight excluding hydrogens is 568 g/mol. The number of aromatic carboxylic acids is 1. The van der Waals surface area contributed by atoms with Gasteiger partial charge in [0, 0.05) is 44.8 Å². The molecule has 6 nitrogen and oxygen atoms in total. The number of carboxylic acids is 1. The molecule has 1 fully saturated rings. The molecule has 0 unspecified atom stereocenters. The van der Waals surface area contributed by atoms with Gasteiger partial charge in [-0.15, -0.1) is 0 Å². The minimum Gasteiger partial charge on any atom is -0.478 e. The normalized spacial score (nSPS) is 14.2. The van der Waals surface area contributed by atoms with Crippen LogP contribution in [-0.2, 0) is 19.5 Å². The van der Waals surface area contributed by atoms with Gasteiger partial charge in [-0.1, -0.05) is 115 Å². The molecule has 0 atom stereocenters. The van der Waals surface area contributed by atoms with Crippen molar-refractivity contribution in [2.75, 3.05) is 26.2 Å². The van der Waals surface area contributed by atoms with Crippen LogP contribution in [0.4, 0.5) is 0 Å². The number of aromatic nitrogens is 2. The number of carboxylic acid groups (broad SMARTS) is 1. The van der Waals surface area contributed by atoms with E-state index in [1.165, 1.54) is 16.7 Å². The lowest BCUT2D eigenvalue weighted by Gasteiger charge is -2.39. The molecule has 6 aromatic rings. The smallest absolute Gasteiger partial charge is 0.335 e. The zero-order valence-electron chi connectivity index (χ0n) is 25.9. The summed E-state index contributed by atoms with van der Waals surface area (Å²) in [6.45, 7) is 5.52. The van der Waals surface area contributed by atoms with E-state index in [9.17, 15) is 9.90 Å². The van der Waals surface area contributed by atoms with E-state index in [0.29, 0.717) is 18.5 Å². The second kappa shape index (κ2) is 13.5. The molecule has 46 heavy (non-hydrogen) atoms. The summed E-state index contributed by atoms with van der Waals surface area (Å²) >= 11 is 0. The maximum absolute atomic E-state index is 11.8. The van der Waals surface area contributed by atoms with Crippen molar-refractivity contribution in [2.45, 2.75) is 25.6 Å². The zero-order chi connectivity index (χ0) is 31.3. The van der Waals surface area contributed by atoms with Crippen LogP contribution in [0.15, 0.2) is 133 Å². The molecule has 0 amide bonds. The minimum absolute atomic E-state index is 0.253. The van der Waals surface area contributed by atoms with Crippen molar-refractivity contribution in [1.29, 1.82) is 0 Å². The molecule has 2 heterocycles. The van der Waals surface area contributed by atoms with E-state index in [-0.39, 0.29) is 6.04 Å². The predicted molar refractivity (Wildman–Crippen MR) is 184 cm³/mol. The largest absolute Gasteiger partial charge is 0.478 e. The highest BCUT2D eigenvalue weighted by atomic mass is 16.4. The standard InChI is InChI=1S/C40H38N4O2/c45-40(46)35-19-11-10-12-31(35)22-23-44-37-21-20-30(28-36(37)41-39(44)34-17-8-3-9-18-34)29-42-24-26-43(27-25-42)38(32-13-4-1-5-14-32)33-15-6-2-7-16-33/h1-21,28,38H,22-27,29H2,(H,45,46). The van der Waals surface area contributed by atoms with Gasteiger partial charge in [0.15, 0.2) is 0 Å². The monoisotopic (exact) mass is 606 g/mol. The van der Waals surface area contributed by atoms with E-state index in [1.54, 1.807) is 12.1 Å². The average molecular weight is 607 g/mol. The Balaban J connectivity index is 1.10. The zero-order valence-corrected chi connectivity index (χ0v) is 25.9. The maximum atomic E-state index is 11.8. The van der Waals surface area contributed by atoms with Gasteiger partial charge in [0.05, 0.1) is 22.6 Å². The number of nitrogens with zero attached hydrogens (tertiary/aromatic N) is 4. The molecule has 1 aromatic heterocycles. The van der Waals surface area contributed by atoms with E-state index in [0.717, 1.165) is 60.7 Å². The molecule has 1 aliphatic rings. The number of carbonyl (C=O) groups is 1. The first-order valence-corrected chi connectivity index (χ1v) is 16.1. The average Bonchev–Trinajstić information content (AvgIpc) is 3.47. The van der Waals surface area contributed by atoms with Crippen LogP contribution in [0.2, 0.25) is 0 Å². The molecule has 0 saturated carbocycles. The van der Waals surface area contributed by atoms with Gasteiger partial charge in [-0.05, 0) is 46.9 Å². The third-order valence-corrected chi connectivity index (χ3v) is 9.11. The first-order valence-electron chi connectivity index (χ1n) is 16.1. The van der Waals surface area contributed by atoms with Gasteiger partial charge < -0.3 is 9.67 Å². The molecule has 7 rings (SSSR count). The number of hydrogen-bond donors (Lipinski definition) is 1. The summed E-state index contributed by atoms with van der Waals surface area (Å²) in [6.07, 6.45) is 0.604. The van der Waals surface area contributed by atoms with Crippen LogP contribution in [0.1, 0.15) is 38.7 Å². The summed E-state index contributed by atoms with van der Waals surface area (Å²) < 4.78 is 2.24.